The Morgan fingerprint density at radius 1 is 1.19 bits per heavy atom. The Balaban J connectivity index is 1.28. The molecule has 3 aliphatic rings. The highest BCUT2D eigenvalue weighted by Crippen LogP contribution is 2.48. The second-order valence-corrected chi connectivity index (χ2v) is 9.66. The largest absolute Gasteiger partial charge is 0.444 e. The van der Waals surface area contributed by atoms with Gasteiger partial charge in [0.1, 0.15) is 12.4 Å². The van der Waals surface area contributed by atoms with E-state index in [0.29, 0.717) is 24.4 Å². The predicted molar refractivity (Wildman–Crippen MR) is 138 cm³/mol. The van der Waals surface area contributed by atoms with Gasteiger partial charge in [-0.3, -0.25) is 14.6 Å². The van der Waals surface area contributed by atoms with E-state index >= 15 is 0 Å². The zero-order valence-electron chi connectivity index (χ0n) is 21.1. The van der Waals surface area contributed by atoms with Crippen LogP contribution in [-0.2, 0) is 21.7 Å². The summed E-state index contributed by atoms with van der Waals surface area (Å²) in [5, 5.41) is 3.55. The van der Waals surface area contributed by atoms with Crippen molar-refractivity contribution in [2.75, 3.05) is 42.9 Å². The normalized spacial score (nSPS) is 19.8. The second-order valence-electron chi connectivity index (χ2n) is 9.66. The van der Waals surface area contributed by atoms with E-state index in [9.17, 15) is 9.59 Å². The van der Waals surface area contributed by atoms with Gasteiger partial charge in [0.25, 0.3) is 0 Å². The first-order valence-electron chi connectivity index (χ1n) is 12.8. The van der Waals surface area contributed by atoms with Crippen molar-refractivity contribution in [3.63, 3.8) is 0 Å². The summed E-state index contributed by atoms with van der Waals surface area (Å²) >= 11 is 0. The fourth-order valence-electron chi connectivity index (χ4n) is 5.31. The molecule has 9 heteroatoms. The molecule has 36 heavy (non-hydrogen) atoms. The fraction of sp³-hybridized carbons (Fsp3) is 0.481. The Hall–Kier alpha value is -3.46. The van der Waals surface area contributed by atoms with Crippen LogP contribution in [0.2, 0.25) is 0 Å². The Labute approximate surface area is 212 Å². The SMILES string of the molecule is C=CC(=O)N1CCN(C(CC)c2ccc(C3(Nc4ncc5c(n4)N(CC)C(=O)OC5)CC3)cc2)CC1. The zero-order valence-corrected chi connectivity index (χ0v) is 21.1. The van der Waals surface area contributed by atoms with E-state index in [2.05, 4.69) is 58.0 Å². The molecule has 1 aromatic heterocycles. The summed E-state index contributed by atoms with van der Waals surface area (Å²) in [4.78, 5) is 39.1. The van der Waals surface area contributed by atoms with Gasteiger partial charge < -0.3 is 15.0 Å². The lowest BCUT2D eigenvalue weighted by Crippen LogP contribution is -2.49. The van der Waals surface area contributed by atoms with Crippen LogP contribution in [0.25, 0.3) is 0 Å². The minimum absolute atomic E-state index is 0.0134. The number of rotatable bonds is 8. The summed E-state index contributed by atoms with van der Waals surface area (Å²) in [6.45, 7) is 11.6. The first-order valence-corrected chi connectivity index (χ1v) is 12.8. The molecule has 5 rings (SSSR count). The molecule has 2 amide bonds. The van der Waals surface area contributed by atoms with Gasteiger partial charge in [-0.05, 0) is 43.4 Å². The Bertz CT molecular complexity index is 1140. The molecular formula is C27H34N6O3. The number of fused-ring (bicyclic) bond motifs is 1. The smallest absolute Gasteiger partial charge is 0.415 e. The minimum Gasteiger partial charge on any atom is -0.444 e. The van der Waals surface area contributed by atoms with E-state index in [-0.39, 0.29) is 24.1 Å². The van der Waals surface area contributed by atoms with Gasteiger partial charge in [-0.1, -0.05) is 37.8 Å². The van der Waals surface area contributed by atoms with Gasteiger partial charge in [0.2, 0.25) is 11.9 Å². The molecule has 9 nitrogen and oxygen atoms in total. The Kier molecular flexibility index (Phi) is 6.66. The number of hydrogen-bond acceptors (Lipinski definition) is 7. The number of amides is 2. The Morgan fingerprint density at radius 2 is 1.92 bits per heavy atom. The maximum atomic E-state index is 12.1. The fourth-order valence-corrected chi connectivity index (χ4v) is 5.31. The van der Waals surface area contributed by atoms with E-state index in [4.69, 9.17) is 4.74 Å². The molecule has 190 valence electrons. The number of carbonyl (C=O) groups is 2. The quantitative estimate of drug-likeness (QED) is 0.562. The molecule has 1 aromatic carbocycles. The van der Waals surface area contributed by atoms with E-state index in [1.165, 1.54) is 22.1 Å². The number of aromatic nitrogens is 2. The van der Waals surface area contributed by atoms with Gasteiger partial charge in [-0.15, -0.1) is 0 Å². The van der Waals surface area contributed by atoms with Crippen molar-refractivity contribution < 1.29 is 14.3 Å². The number of piperazine rings is 1. The van der Waals surface area contributed by atoms with Gasteiger partial charge in [0.05, 0.1) is 11.1 Å². The highest BCUT2D eigenvalue weighted by Gasteiger charge is 2.45. The lowest BCUT2D eigenvalue weighted by Gasteiger charge is -2.39. The molecule has 1 N–H and O–H groups in total. The van der Waals surface area contributed by atoms with Crippen LogP contribution >= 0.6 is 0 Å². The molecule has 0 bridgehead atoms. The monoisotopic (exact) mass is 490 g/mol. The molecule has 2 aliphatic heterocycles. The molecule has 2 aromatic rings. The van der Waals surface area contributed by atoms with Gasteiger partial charge in [0.15, 0.2) is 0 Å². The van der Waals surface area contributed by atoms with Crippen molar-refractivity contribution >= 4 is 23.8 Å². The van der Waals surface area contributed by atoms with Crippen LogP contribution in [0.4, 0.5) is 16.6 Å². The highest BCUT2D eigenvalue weighted by atomic mass is 16.6. The van der Waals surface area contributed by atoms with E-state index in [0.717, 1.165) is 51.0 Å². The van der Waals surface area contributed by atoms with Crippen LogP contribution in [0, 0.1) is 0 Å². The number of hydrogen-bond donors (Lipinski definition) is 1. The van der Waals surface area contributed by atoms with Crippen LogP contribution in [0.15, 0.2) is 43.1 Å². The maximum Gasteiger partial charge on any atom is 0.415 e. The van der Waals surface area contributed by atoms with Crippen LogP contribution in [0.3, 0.4) is 0 Å². The average Bonchev–Trinajstić information content (AvgIpc) is 3.70. The average molecular weight is 491 g/mol. The van der Waals surface area contributed by atoms with Crippen LogP contribution in [0.5, 0.6) is 0 Å². The third kappa shape index (κ3) is 4.55. The molecule has 1 saturated heterocycles. The number of ether oxygens (including phenoxy) is 1. The molecule has 1 saturated carbocycles. The van der Waals surface area contributed by atoms with Crippen molar-refractivity contribution in [3.8, 4) is 0 Å². The molecule has 0 spiro atoms. The summed E-state index contributed by atoms with van der Waals surface area (Å²) in [5.74, 6) is 1.17. The van der Waals surface area contributed by atoms with Crippen molar-refractivity contribution in [2.24, 2.45) is 0 Å². The number of carbonyl (C=O) groups excluding carboxylic acids is 2. The number of benzene rings is 1. The lowest BCUT2D eigenvalue weighted by molar-refractivity contribution is -0.128. The molecule has 1 unspecified atom stereocenters. The molecule has 1 aliphatic carbocycles. The van der Waals surface area contributed by atoms with Gasteiger partial charge >= 0.3 is 6.09 Å². The van der Waals surface area contributed by atoms with E-state index < -0.39 is 0 Å². The maximum absolute atomic E-state index is 12.1. The molecule has 1 atom stereocenters. The second kappa shape index (κ2) is 9.89. The van der Waals surface area contributed by atoms with Crippen LogP contribution in [0.1, 0.15) is 55.8 Å². The first kappa shape index (κ1) is 24.2. The highest BCUT2D eigenvalue weighted by molar-refractivity contribution is 5.89. The van der Waals surface area contributed by atoms with Crippen LogP contribution < -0.4 is 10.2 Å². The standard InChI is InChI=1S/C27H34N6O3/c1-4-22(31-13-15-32(16-14-31)23(34)5-2)19-7-9-21(10-8-19)27(11-12-27)30-25-28-17-20-18-36-26(35)33(6-3)24(20)29-25/h5,7-10,17,22H,2,4,6,11-16,18H2,1,3H3,(H,28,29,30). The minimum atomic E-state index is -0.370. The van der Waals surface area contributed by atoms with Gasteiger partial charge in [-0.2, -0.15) is 4.98 Å². The number of nitrogens with one attached hydrogen (secondary N) is 1. The topological polar surface area (TPSA) is 90.9 Å². The van der Waals surface area contributed by atoms with Crippen LogP contribution in [-0.4, -0.2) is 64.5 Å². The number of cyclic esters (lactones) is 1. The predicted octanol–water partition coefficient (Wildman–Crippen LogP) is 3.84. The molecule has 2 fully saturated rings. The van der Waals surface area contributed by atoms with Crippen molar-refractivity contribution in [2.45, 2.75) is 51.3 Å². The van der Waals surface area contributed by atoms with Crippen molar-refractivity contribution in [1.29, 1.82) is 0 Å². The molecular weight excluding hydrogens is 456 g/mol. The van der Waals surface area contributed by atoms with E-state index in [1.54, 1.807) is 6.20 Å². The summed E-state index contributed by atoms with van der Waals surface area (Å²) < 4.78 is 5.20. The molecule has 3 heterocycles. The Morgan fingerprint density at radius 3 is 2.53 bits per heavy atom. The third-order valence-corrected chi connectivity index (χ3v) is 7.56. The van der Waals surface area contributed by atoms with Gasteiger partial charge in [0, 0.05) is 45.0 Å². The summed E-state index contributed by atoms with van der Waals surface area (Å²) in [6, 6.07) is 9.21. The summed E-state index contributed by atoms with van der Waals surface area (Å²) in [7, 11) is 0. The summed E-state index contributed by atoms with van der Waals surface area (Å²) in [5.41, 5.74) is 3.15. The lowest BCUT2D eigenvalue weighted by atomic mass is 9.97. The molecule has 0 radical (unpaired) electrons. The third-order valence-electron chi connectivity index (χ3n) is 7.56. The zero-order chi connectivity index (χ0) is 25.3. The van der Waals surface area contributed by atoms with Gasteiger partial charge in [-0.25, -0.2) is 9.78 Å². The van der Waals surface area contributed by atoms with Crippen molar-refractivity contribution in [1.82, 2.24) is 19.8 Å². The number of nitrogens with zero attached hydrogens (tertiary/aromatic N) is 5. The van der Waals surface area contributed by atoms with Crippen molar-refractivity contribution in [3.05, 3.63) is 59.8 Å². The first-order chi connectivity index (χ1) is 17.5. The summed E-state index contributed by atoms with van der Waals surface area (Å²) in [6.07, 6.45) is 5.79. The number of anilines is 2. The van der Waals surface area contributed by atoms with E-state index in [1.807, 2.05) is 11.8 Å².